The topological polar surface area (TPSA) is 107 Å². The first kappa shape index (κ1) is 47.0. The van der Waals surface area contributed by atoms with Crippen LogP contribution in [0.5, 0.6) is 0 Å². The lowest BCUT2D eigenvalue weighted by molar-refractivity contribution is -0.177. The summed E-state index contributed by atoms with van der Waals surface area (Å²) in [6.45, 7) is 11.5. The van der Waals surface area contributed by atoms with Crippen LogP contribution in [-0.4, -0.2) is 90.7 Å². The molecule has 2 aromatic carbocycles. The van der Waals surface area contributed by atoms with Crippen LogP contribution in [0.3, 0.4) is 0 Å². The zero-order valence-electron chi connectivity index (χ0n) is 36.8. The number of hydrogen-bond acceptors (Lipinski definition) is 9. The Labute approximate surface area is 377 Å². The van der Waals surface area contributed by atoms with Crippen molar-refractivity contribution in [2.24, 2.45) is 5.92 Å². The average Bonchev–Trinajstić information content (AvgIpc) is 3.33. The van der Waals surface area contributed by atoms with Crippen LogP contribution in [0.25, 0.3) is 0 Å². The summed E-state index contributed by atoms with van der Waals surface area (Å²) in [5, 5.41) is 0. The van der Waals surface area contributed by atoms with E-state index in [-0.39, 0.29) is 18.5 Å². The second-order valence-electron chi connectivity index (χ2n) is 16.6. The molecule has 0 radical (unpaired) electrons. The number of pyridine rings is 2. The summed E-state index contributed by atoms with van der Waals surface area (Å²) >= 11 is 3.40. The smallest absolute Gasteiger partial charge is 0.410 e. The summed E-state index contributed by atoms with van der Waals surface area (Å²) in [6.07, 6.45) is 13.6. The Hall–Kier alpha value is -4.52. The summed E-state index contributed by atoms with van der Waals surface area (Å²) in [7, 11) is 0. The molecule has 0 aliphatic carbocycles. The van der Waals surface area contributed by atoms with Crippen molar-refractivity contribution in [1.82, 2.24) is 19.8 Å². The molecule has 7 rings (SSSR count). The predicted octanol–water partition coefficient (Wildman–Crippen LogP) is 11.1. The fourth-order valence-corrected chi connectivity index (χ4v) is 8.46. The van der Waals surface area contributed by atoms with E-state index in [1.165, 1.54) is 5.69 Å². The first-order valence-electron chi connectivity index (χ1n) is 22.9. The molecular formula is C50H66BrN5O6. The Morgan fingerprint density at radius 1 is 0.613 bits per heavy atom. The molecule has 62 heavy (non-hydrogen) atoms. The second-order valence-corrected chi connectivity index (χ2v) is 17.5. The quantitative estimate of drug-likeness (QED) is 0.0802. The number of unbranched alkanes of at least 4 members (excludes halogenated alkanes) is 2. The highest BCUT2D eigenvalue weighted by Crippen LogP contribution is 2.31. The van der Waals surface area contributed by atoms with E-state index in [4.69, 9.17) is 23.9 Å². The third-order valence-corrected chi connectivity index (χ3v) is 12.6. The van der Waals surface area contributed by atoms with Gasteiger partial charge in [0.1, 0.15) is 13.2 Å². The number of piperidine rings is 3. The van der Waals surface area contributed by atoms with Crippen LogP contribution in [0.1, 0.15) is 112 Å². The van der Waals surface area contributed by atoms with Crippen LogP contribution in [0, 0.1) is 5.92 Å². The number of carbonyl (C=O) groups is 2. The number of carbonyl (C=O) groups excluding carboxylic acids is 2. The fraction of sp³-hybridized carbons (Fsp3) is 0.520. The number of amides is 2. The Balaban J connectivity index is 0.000000236. The van der Waals surface area contributed by atoms with Gasteiger partial charge in [0.25, 0.3) is 0 Å². The number of ether oxygens (including phenoxy) is 4. The molecule has 2 amide bonds. The van der Waals surface area contributed by atoms with E-state index in [0.717, 1.165) is 131 Å². The van der Waals surface area contributed by atoms with E-state index in [0.29, 0.717) is 44.1 Å². The summed E-state index contributed by atoms with van der Waals surface area (Å²) in [5.74, 6) is 1.25. The Kier molecular flexibility index (Phi) is 19.4. The van der Waals surface area contributed by atoms with Gasteiger partial charge in [-0.25, -0.2) is 9.59 Å². The summed E-state index contributed by atoms with van der Waals surface area (Å²) in [6, 6.07) is 28.0. The number of nitrogens with zero attached hydrogens (tertiary/aromatic N) is 5. The molecule has 5 heterocycles. The van der Waals surface area contributed by atoms with Crippen molar-refractivity contribution >= 4 is 33.8 Å². The number of rotatable bonds is 16. The zero-order valence-corrected chi connectivity index (χ0v) is 38.3. The standard InChI is InChI=1S/C32H47N3O4.C18H19BrN2O2/c1-3-5-22-37-31(38-23-6-4-2)28-16-18-34(19-17-28)29-12-13-30(33-24-29)27-14-20-35(21-15-27)32(36)39-25-26-10-8-7-9-11-26;19-16-6-7-17(20-12-16)15-8-10-21(11-9-15)18(22)23-13-14-4-2-1-3-5-14/h7-13,24,27-28,31H,3-6,14-23,25H2,1-2H3;1-7,12,15H,8-11,13H2. The van der Waals surface area contributed by atoms with Gasteiger partial charge in [-0.1, -0.05) is 87.4 Å². The Morgan fingerprint density at radius 3 is 1.50 bits per heavy atom. The Morgan fingerprint density at radius 2 is 1.08 bits per heavy atom. The van der Waals surface area contributed by atoms with Crippen molar-refractivity contribution in [2.45, 2.75) is 109 Å². The maximum absolute atomic E-state index is 12.5. The van der Waals surface area contributed by atoms with Gasteiger partial charge in [0.15, 0.2) is 6.29 Å². The maximum Gasteiger partial charge on any atom is 0.410 e. The summed E-state index contributed by atoms with van der Waals surface area (Å²) in [4.78, 5) is 40.0. The van der Waals surface area contributed by atoms with E-state index >= 15 is 0 Å². The number of hydrogen-bond donors (Lipinski definition) is 0. The number of anilines is 1. The van der Waals surface area contributed by atoms with E-state index in [1.54, 1.807) is 4.90 Å². The van der Waals surface area contributed by atoms with Gasteiger partial charge >= 0.3 is 12.2 Å². The number of benzene rings is 2. The second kappa shape index (κ2) is 25.6. The van der Waals surface area contributed by atoms with E-state index in [9.17, 15) is 9.59 Å². The molecule has 3 aliphatic heterocycles. The van der Waals surface area contributed by atoms with Crippen molar-refractivity contribution in [3.05, 3.63) is 124 Å². The molecular weight excluding hydrogens is 846 g/mol. The lowest BCUT2D eigenvalue weighted by atomic mass is 9.93. The van der Waals surface area contributed by atoms with Crippen molar-refractivity contribution in [1.29, 1.82) is 0 Å². The number of halogens is 1. The molecule has 3 aliphatic rings. The highest BCUT2D eigenvalue weighted by molar-refractivity contribution is 9.10. The van der Waals surface area contributed by atoms with Crippen LogP contribution in [0.15, 0.2) is 102 Å². The van der Waals surface area contributed by atoms with E-state index in [2.05, 4.69) is 57.9 Å². The van der Waals surface area contributed by atoms with Gasteiger partial charge in [0.2, 0.25) is 0 Å². The molecule has 0 saturated carbocycles. The molecule has 0 unspecified atom stereocenters. The van der Waals surface area contributed by atoms with Gasteiger partial charge in [-0.3, -0.25) is 9.97 Å². The molecule has 4 aromatic rings. The molecule has 11 nitrogen and oxygen atoms in total. The first-order valence-corrected chi connectivity index (χ1v) is 23.7. The van der Waals surface area contributed by atoms with Crippen LogP contribution in [0.4, 0.5) is 15.3 Å². The van der Waals surface area contributed by atoms with Gasteiger partial charge in [-0.2, -0.15) is 0 Å². The molecule has 12 heteroatoms. The molecule has 334 valence electrons. The highest BCUT2D eigenvalue weighted by atomic mass is 79.9. The average molecular weight is 913 g/mol. The monoisotopic (exact) mass is 911 g/mol. The van der Waals surface area contributed by atoms with Crippen LogP contribution in [0.2, 0.25) is 0 Å². The summed E-state index contributed by atoms with van der Waals surface area (Å²) < 4.78 is 24.2. The zero-order chi connectivity index (χ0) is 43.4. The normalized spacial score (nSPS) is 16.5. The molecule has 3 fully saturated rings. The minimum atomic E-state index is -0.226. The van der Waals surface area contributed by atoms with Crippen molar-refractivity contribution in [2.75, 3.05) is 57.4 Å². The third kappa shape index (κ3) is 14.8. The van der Waals surface area contributed by atoms with Crippen LogP contribution in [-0.2, 0) is 32.2 Å². The largest absolute Gasteiger partial charge is 0.445 e. The molecule has 2 aromatic heterocycles. The molecule has 0 N–H and O–H groups in total. The maximum atomic E-state index is 12.5. The molecule has 0 bridgehead atoms. The third-order valence-electron chi connectivity index (χ3n) is 12.1. The fourth-order valence-electron chi connectivity index (χ4n) is 8.23. The van der Waals surface area contributed by atoms with E-state index in [1.807, 2.05) is 84.0 Å². The number of likely N-dealkylation sites (tertiary alicyclic amines) is 2. The van der Waals surface area contributed by atoms with Crippen LogP contribution >= 0.6 is 15.9 Å². The van der Waals surface area contributed by atoms with E-state index < -0.39 is 0 Å². The van der Waals surface area contributed by atoms with Crippen LogP contribution < -0.4 is 4.90 Å². The van der Waals surface area contributed by atoms with Gasteiger partial charge < -0.3 is 33.6 Å². The Bertz CT molecular complexity index is 1860. The minimum Gasteiger partial charge on any atom is -0.445 e. The van der Waals surface area contributed by atoms with Crippen molar-refractivity contribution in [3.8, 4) is 0 Å². The van der Waals surface area contributed by atoms with Gasteiger partial charge in [-0.15, -0.1) is 0 Å². The van der Waals surface area contributed by atoms with Gasteiger partial charge in [0, 0.05) is 92.3 Å². The summed E-state index contributed by atoms with van der Waals surface area (Å²) in [5.41, 5.74) is 5.43. The molecule has 3 saturated heterocycles. The lowest BCUT2D eigenvalue weighted by Gasteiger charge is -2.37. The SMILES string of the molecule is CCCCOC(OCCCC)C1CCN(c2ccc(C3CCN(C(=O)OCc4ccccc4)CC3)nc2)CC1.O=C(OCc1ccccc1)N1CCC(c2ccc(Br)cn2)CC1. The highest BCUT2D eigenvalue weighted by Gasteiger charge is 2.30. The number of aromatic nitrogens is 2. The van der Waals surface area contributed by atoms with Gasteiger partial charge in [0.05, 0.1) is 11.9 Å². The van der Waals surface area contributed by atoms with Crippen molar-refractivity contribution < 1.29 is 28.5 Å². The molecule has 0 spiro atoms. The first-order chi connectivity index (χ1) is 30.4. The van der Waals surface area contributed by atoms with Crippen molar-refractivity contribution in [3.63, 3.8) is 0 Å². The lowest BCUT2D eigenvalue weighted by Crippen LogP contribution is -2.40. The van der Waals surface area contributed by atoms with Gasteiger partial charge in [-0.05, 0) is 103 Å². The predicted molar refractivity (Wildman–Crippen MR) is 247 cm³/mol. The minimum absolute atomic E-state index is 0.0766. The molecule has 0 atom stereocenters.